The highest BCUT2D eigenvalue weighted by molar-refractivity contribution is 6.28. The second-order valence-corrected chi connectivity index (χ2v) is 4.80. The molecule has 0 saturated carbocycles. The Morgan fingerprint density at radius 2 is 1.94 bits per heavy atom. The SMILES string of the molecule is CCCCCN(C)c1nc(Cl)nc2ccccc12. The Hall–Kier alpha value is -1.35. The zero-order valence-corrected chi connectivity index (χ0v) is 11.6. The predicted molar refractivity (Wildman–Crippen MR) is 77.3 cm³/mol. The molecule has 1 aromatic heterocycles. The Morgan fingerprint density at radius 1 is 1.17 bits per heavy atom. The first-order valence-electron chi connectivity index (χ1n) is 6.35. The van der Waals surface area contributed by atoms with Gasteiger partial charge in [0.2, 0.25) is 5.28 Å². The van der Waals surface area contributed by atoms with Crippen molar-refractivity contribution in [1.82, 2.24) is 9.97 Å². The maximum atomic E-state index is 5.98. The third-order valence-corrected chi connectivity index (χ3v) is 3.18. The summed E-state index contributed by atoms with van der Waals surface area (Å²) in [5, 5.41) is 1.37. The van der Waals surface area contributed by atoms with Gasteiger partial charge in [-0.1, -0.05) is 31.9 Å². The minimum atomic E-state index is 0.311. The molecule has 0 saturated heterocycles. The lowest BCUT2D eigenvalue weighted by atomic mass is 10.2. The lowest BCUT2D eigenvalue weighted by molar-refractivity contribution is 0.702. The fraction of sp³-hybridized carbons (Fsp3) is 0.429. The van der Waals surface area contributed by atoms with Gasteiger partial charge >= 0.3 is 0 Å². The lowest BCUT2D eigenvalue weighted by Crippen LogP contribution is -2.20. The summed E-state index contributed by atoms with van der Waals surface area (Å²) >= 11 is 5.98. The van der Waals surface area contributed by atoms with Gasteiger partial charge < -0.3 is 4.90 Å². The summed E-state index contributed by atoms with van der Waals surface area (Å²) in [7, 11) is 2.06. The molecule has 18 heavy (non-hydrogen) atoms. The van der Waals surface area contributed by atoms with Gasteiger partial charge in [0.25, 0.3) is 0 Å². The molecule has 0 amide bonds. The molecule has 0 fully saturated rings. The Labute approximate surface area is 113 Å². The van der Waals surface area contributed by atoms with Crippen LogP contribution in [0.2, 0.25) is 5.28 Å². The maximum absolute atomic E-state index is 5.98. The Bertz CT molecular complexity index is 527. The average Bonchev–Trinajstić information content (AvgIpc) is 2.38. The second kappa shape index (κ2) is 6.01. The number of hydrogen-bond acceptors (Lipinski definition) is 3. The van der Waals surface area contributed by atoms with Crippen LogP contribution in [0, 0.1) is 0 Å². The highest BCUT2D eigenvalue weighted by Crippen LogP contribution is 2.24. The first-order valence-corrected chi connectivity index (χ1v) is 6.73. The van der Waals surface area contributed by atoms with Gasteiger partial charge in [-0.2, -0.15) is 4.98 Å². The van der Waals surface area contributed by atoms with E-state index < -0.39 is 0 Å². The van der Waals surface area contributed by atoms with Crippen molar-refractivity contribution < 1.29 is 0 Å². The number of halogens is 1. The maximum Gasteiger partial charge on any atom is 0.224 e. The quantitative estimate of drug-likeness (QED) is 0.605. The van der Waals surface area contributed by atoms with Crippen LogP contribution in [0.1, 0.15) is 26.2 Å². The summed E-state index contributed by atoms with van der Waals surface area (Å²) in [6, 6.07) is 7.97. The molecule has 0 aliphatic carbocycles. The Kier molecular flexibility index (Phi) is 4.37. The van der Waals surface area contributed by atoms with Crippen LogP contribution >= 0.6 is 11.6 Å². The van der Waals surface area contributed by atoms with Crippen LogP contribution < -0.4 is 4.90 Å². The van der Waals surface area contributed by atoms with Gasteiger partial charge in [0.05, 0.1) is 5.52 Å². The summed E-state index contributed by atoms with van der Waals surface area (Å²) < 4.78 is 0. The monoisotopic (exact) mass is 263 g/mol. The zero-order chi connectivity index (χ0) is 13.0. The summed E-state index contributed by atoms with van der Waals surface area (Å²) in [4.78, 5) is 10.8. The van der Waals surface area contributed by atoms with Crippen molar-refractivity contribution in [3.63, 3.8) is 0 Å². The molecule has 96 valence electrons. The van der Waals surface area contributed by atoms with E-state index in [2.05, 4.69) is 28.8 Å². The fourth-order valence-electron chi connectivity index (χ4n) is 2.03. The Balaban J connectivity index is 2.31. The van der Waals surface area contributed by atoms with Gasteiger partial charge in [-0.25, -0.2) is 4.98 Å². The molecule has 0 aliphatic heterocycles. The number of aromatic nitrogens is 2. The van der Waals surface area contributed by atoms with E-state index in [-0.39, 0.29) is 0 Å². The summed E-state index contributed by atoms with van der Waals surface area (Å²) in [5.74, 6) is 0.918. The van der Waals surface area contributed by atoms with Crippen molar-refractivity contribution in [3.8, 4) is 0 Å². The van der Waals surface area contributed by atoms with Gasteiger partial charge in [-0.05, 0) is 30.2 Å². The molecule has 0 atom stereocenters. The number of para-hydroxylation sites is 1. The number of hydrogen-bond donors (Lipinski definition) is 0. The van der Waals surface area contributed by atoms with Crippen LogP contribution in [0.5, 0.6) is 0 Å². The van der Waals surface area contributed by atoms with Gasteiger partial charge in [0.1, 0.15) is 5.82 Å². The van der Waals surface area contributed by atoms with Crippen LogP contribution in [0.15, 0.2) is 24.3 Å². The highest BCUT2D eigenvalue weighted by Gasteiger charge is 2.09. The lowest BCUT2D eigenvalue weighted by Gasteiger charge is -2.19. The minimum absolute atomic E-state index is 0.311. The molecule has 0 aliphatic rings. The van der Waals surface area contributed by atoms with E-state index in [4.69, 9.17) is 11.6 Å². The van der Waals surface area contributed by atoms with Crippen molar-refractivity contribution in [2.75, 3.05) is 18.5 Å². The van der Waals surface area contributed by atoms with E-state index in [9.17, 15) is 0 Å². The Morgan fingerprint density at radius 3 is 2.72 bits per heavy atom. The summed E-state index contributed by atoms with van der Waals surface area (Å²) in [6.45, 7) is 3.20. The van der Waals surface area contributed by atoms with E-state index in [0.717, 1.165) is 23.3 Å². The van der Waals surface area contributed by atoms with E-state index in [1.165, 1.54) is 19.3 Å². The number of unbranched alkanes of at least 4 members (excludes halogenated alkanes) is 2. The molecule has 0 N–H and O–H groups in total. The number of nitrogens with zero attached hydrogens (tertiary/aromatic N) is 3. The number of rotatable bonds is 5. The molecule has 0 unspecified atom stereocenters. The summed E-state index contributed by atoms with van der Waals surface area (Å²) in [5.41, 5.74) is 0.898. The van der Waals surface area contributed by atoms with Crippen LogP contribution in [-0.2, 0) is 0 Å². The molecule has 2 aromatic rings. The van der Waals surface area contributed by atoms with E-state index in [1.807, 2.05) is 24.3 Å². The topological polar surface area (TPSA) is 29.0 Å². The molecular weight excluding hydrogens is 246 g/mol. The van der Waals surface area contributed by atoms with E-state index in [0.29, 0.717) is 5.28 Å². The van der Waals surface area contributed by atoms with Gasteiger partial charge in [0, 0.05) is 19.0 Å². The number of benzene rings is 1. The molecule has 0 bridgehead atoms. The number of fused-ring (bicyclic) bond motifs is 1. The largest absolute Gasteiger partial charge is 0.359 e. The van der Waals surface area contributed by atoms with Crippen molar-refractivity contribution in [3.05, 3.63) is 29.5 Å². The molecule has 3 nitrogen and oxygen atoms in total. The zero-order valence-electron chi connectivity index (χ0n) is 10.9. The highest BCUT2D eigenvalue weighted by atomic mass is 35.5. The van der Waals surface area contributed by atoms with Crippen LogP contribution in [0.4, 0.5) is 5.82 Å². The second-order valence-electron chi connectivity index (χ2n) is 4.46. The third-order valence-electron chi connectivity index (χ3n) is 3.01. The van der Waals surface area contributed by atoms with Gasteiger partial charge in [-0.15, -0.1) is 0 Å². The van der Waals surface area contributed by atoms with E-state index >= 15 is 0 Å². The van der Waals surface area contributed by atoms with Crippen LogP contribution in [0.25, 0.3) is 10.9 Å². The molecule has 2 rings (SSSR count). The molecular formula is C14H18ClN3. The smallest absolute Gasteiger partial charge is 0.224 e. The predicted octanol–water partition coefficient (Wildman–Crippen LogP) is 3.91. The molecule has 1 aromatic carbocycles. The van der Waals surface area contributed by atoms with Crippen molar-refractivity contribution >= 4 is 28.3 Å². The van der Waals surface area contributed by atoms with Crippen LogP contribution in [-0.4, -0.2) is 23.6 Å². The number of anilines is 1. The summed E-state index contributed by atoms with van der Waals surface area (Å²) in [6.07, 6.45) is 3.63. The molecule has 0 spiro atoms. The van der Waals surface area contributed by atoms with Gasteiger partial charge in [-0.3, -0.25) is 0 Å². The third kappa shape index (κ3) is 2.91. The van der Waals surface area contributed by atoms with Gasteiger partial charge in [0.15, 0.2) is 0 Å². The fourth-order valence-corrected chi connectivity index (χ4v) is 2.20. The van der Waals surface area contributed by atoms with E-state index in [1.54, 1.807) is 0 Å². The molecule has 0 radical (unpaired) electrons. The van der Waals surface area contributed by atoms with Crippen molar-refractivity contribution in [2.45, 2.75) is 26.2 Å². The first-order chi connectivity index (χ1) is 8.72. The standard InChI is InChI=1S/C14H18ClN3/c1-3-4-7-10-18(2)13-11-8-5-6-9-12(11)16-14(15)17-13/h5-6,8-9H,3-4,7,10H2,1-2H3. The molecule has 4 heteroatoms. The first kappa shape index (κ1) is 13.1. The van der Waals surface area contributed by atoms with Crippen LogP contribution in [0.3, 0.4) is 0 Å². The minimum Gasteiger partial charge on any atom is -0.359 e. The van der Waals surface area contributed by atoms with Crippen molar-refractivity contribution in [2.24, 2.45) is 0 Å². The molecule has 1 heterocycles. The average molecular weight is 264 g/mol. The van der Waals surface area contributed by atoms with Crippen molar-refractivity contribution in [1.29, 1.82) is 0 Å². The normalized spacial score (nSPS) is 10.8.